The minimum atomic E-state index is 0. The molecule has 2 N–H and O–H groups in total. The van der Waals surface area contributed by atoms with Crippen LogP contribution in [-0.4, -0.2) is 40.9 Å². The van der Waals surface area contributed by atoms with E-state index < -0.39 is 0 Å². The number of hydrogen-bond donors (Lipinski definition) is 2. The van der Waals surface area contributed by atoms with Crippen LogP contribution in [0.25, 0.3) is 10.6 Å². The van der Waals surface area contributed by atoms with E-state index in [1.54, 1.807) is 11.3 Å². The number of thiazole rings is 1. The molecule has 3 aromatic rings. The molecular formula is C20H29IN6S2. The lowest BCUT2D eigenvalue weighted by molar-refractivity contribution is 0.555. The molecule has 0 aromatic carbocycles. The van der Waals surface area contributed by atoms with Gasteiger partial charge in [0.05, 0.1) is 21.3 Å². The fourth-order valence-electron chi connectivity index (χ4n) is 2.99. The molecule has 0 aliphatic carbocycles. The van der Waals surface area contributed by atoms with Crippen molar-refractivity contribution in [2.45, 2.75) is 40.2 Å². The molecule has 3 aromatic heterocycles. The molecule has 9 heteroatoms. The smallest absolute Gasteiger partial charge is 0.190 e. The normalized spacial score (nSPS) is 11.4. The number of aromatic nitrogens is 3. The van der Waals surface area contributed by atoms with Gasteiger partial charge in [-0.3, -0.25) is 9.67 Å². The molecule has 0 fully saturated rings. The molecule has 0 saturated carbocycles. The predicted octanol–water partition coefficient (Wildman–Crippen LogP) is 4.41. The summed E-state index contributed by atoms with van der Waals surface area (Å²) in [6.45, 7) is 8.80. The summed E-state index contributed by atoms with van der Waals surface area (Å²) in [5.41, 5.74) is 3.37. The van der Waals surface area contributed by atoms with Crippen LogP contribution in [0.15, 0.2) is 28.6 Å². The van der Waals surface area contributed by atoms with Crippen molar-refractivity contribution >= 4 is 52.6 Å². The highest BCUT2D eigenvalue weighted by molar-refractivity contribution is 14.0. The lowest BCUT2D eigenvalue weighted by Crippen LogP contribution is -2.38. The highest BCUT2D eigenvalue weighted by Gasteiger charge is 2.06. The number of guanidine groups is 1. The summed E-state index contributed by atoms with van der Waals surface area (Å²) in [6.07, 6.45) is 1.98. The maximum absolute atomic E-state index is 4.56. The fourth-order valence-corrected chi connectivity index (χ4v) is 4.64. The SMILES string of the molecule is CN=C(NCCCn1nc(C)cc1C)NCCc1ccc(-c2csc(C)n2)s1.I. The van der Waals surface area contributed by atoms with E-state index in [0.717, 1.165) is 54.8 Å². The Morgan fingerprint density at radius 3 is 2.62 bits per heavy atom. The third-order valence-corrected chi connectivity index (χ3v) is 6.30. The lowest BCUT2D eigenvalue weighted by atomic mass is 10.3. The first-order valence-corrected chi connectivity index (χ1v) is 11.2. The predicted molar refractivity (Wildman–Crippen MR) is 135 cm³/mol. The number of nitrogens with one attached hydrogen (secondary N) is 2. The van der Waals surface area contributed by atoms with Crippen LogP contribution in [0.5, 0.6) is 0 Å². The third-order valence-electron chi connectivity index (χ3n) is 4.36. The molecule has 0 bridgehead atoms. The summed E-state index contributed by atoms with van der Waals surface area (Å²) in [5.74, 6) is 0.847. The van der Waals surface area contributed by atoms with Gasteiger partial charge in [0.15, 0.2) is 5.96 Å². The van der Waals surface area contributed by atoms with Crippen molar-refractivity contribution in [3.05, 3.63) is 44.9 Å². The molecule has 0 aliphatic rings. The van der Waals surface area contributed by atoms with Crippen molar-refractivity contribution in [2.75, 3.05) is 20.1 Å². The van der Waals surface area contributed by atoms with Crippen LogP contribution in [-0.2, 0) is 13.0 Å². The quantitative estimate of drug-likeness (QED) is 0.191. The van der Waals surface area contributed by atoms with Crippen molar-refractivity contribution in [3.8, 4) is 10.6 Å². The van der Waals surface area contributed by atoms with Gasteiger partial charge in [-0.15, -0.1) is 46.7 Å². The maximum Gasteiger partial charge on any atom is 0.190 e. The van der Waals surface area contributed by atoms with Crippen molar-refractivity contribution in [3.63, 3.8) is 0 Å². The van der Waals surface area contributed by atoms with Gasteiger partial charge in [0.25, 0.3) is 0 Å². The van der Waals surface area contributed by atoms with Crippen molar-refractivity contribution in [2.24, 2.45) is 4.99 Å². The zero-order valence-electron chi connectivity index (χ0n) is 17.4. The van der Waals surface area contributed by atoms with E-state index in [-0.39, 0.29) is 24.0 Å². The van der Waals surface area contributed by atoms with Gasteiger partial charge in [-0.2, -0.15) is 5.10 Å². The first-order chi connectivity index (χ1) is 13.5. The van der Waals surface area contributed by atoms with Crippen molar-refractivity contribution in [1.29, 1.82) is 0 Å². The molecule has 0 aliphatic heterocycles. The van der Waals surface area contributed by atoms with Crippen LogP contribution in [0.3, 0.4) is 0 Å². The highest BCUT2D eigenvalue weighted by atomic mass is 127. The molecule has 0 spiro atoms. The van der Waals surface area contributed by atoms with E-state index in [4.69, 9.17) is 0 Å². The summed E-state index contributed by atoms with van der Waals surface area (Å²) in [4.78, 5) is 11.5. The van der Waals surface area contributed by atoms with Crippen molar-refractivity contribution in [1.82, 2.24) is 25.4 Å². The summed E-state index contributed by atoms with van der Waals surface area (Å²) >= 11 is 3.51. The van der Waals surface area contributed by atoms with E-state index in [1.807, 2.05) is 32.2 Å². The minimum absolute atomic E-state index is 0. The standard InChI is InChI=1S/C20H28N6S2.HI/c1-14-12-15(2)26(25-14)11-5-9-22-20(21-4)23-10-8-17-6-7-19(28-17)18-13-27-16(3)24-18;/h6-7,12-13H,5,8-11H2,1-4H3,(H2,21,22,23);1H. The second-order valence-electron chi connectivity index (χ2n) is 6.70. The second kappa shape index (κ2) is 11.7. The Balaban J connectivity index is 0.00000300. The molecule has 0 atom stereocenters. The summed E-state index contributed by atoms with van der Waals surface area (Å²) in [7, 11) is 1.81. The van der Waals surface area contributed by atoms with E-state index in [1.165, 1.54) is 15.4 Å². The number of nitrogens with zero attached hydrogens (tertiary/aromatic N) is 4. The number of thiophene rings is 1. The van der Waals surface area contributed by atoms with Gasteiger partial charge in [-0.25, -0.2) is 4.98 Å². The Morgan fingerprint density at radius 1 is 1.17 bits per heavy atom. The molecule has 3 rings (SSSR count). The molecule has 0 radical (unpaired) electrons. The number of hydrogen-bond acceptors (Lipinski definition) is 5. The van der Waals surface area contributed by atoms with Crippen LogP contribution in [0.2, 0.25) is 0 Å². The Hall–Kier alpha value is -1.46. The maximum atomic E-state index is 4.56. The highest BCUT2D eigenvalue weighted by Crippen LogP contribution is 2.29. The number of rotatable bonds is 8. The first kappa shape index (κ1) is 23.8. The largest absolute Gasteiger partial charge is 0.356 e. The zero-order chi connectivity index (χ0) is 19.9. The molecule has 6 nitrogen and oxygen atoms in total. The molecular weight excluding hydrogens is 515 g/mol. The monoisotopic (exact) mass is 544 g/mol. The molecule has 29 heavy (non-hydrogen) atoms. The van der Waals surface area contributed by atoms with Crippen molar-refractivity contribution < 1.29 is 0 Å². The van der Waals surface area contributed by atoms with Gasteiger partial charge in [0.2, 0.25) is 0 Å². The molecule has 3 heterocycles. The van der Waals surface area contributed by atoms with Crippen LogP contribution in [0.1, 0.15) is 27.7 Å². The first-order valence-electron chi connectivity index (χ1n) is 9.52. The average molecular weight is 545 g/mol. The second-order valence-corrected chi connectivity index (χ2v) is 8.93. The average Bonchev–Trinajstić information content (AvgIpc) is 3.37. The molecule has 0 saturated heterocycles. The molecule has 158 valence electrons. The number of aryl methyl sites for hydroxylation is 4. The van der Waals surface area contributed by atoms with Crippen LogP contribution in [0, 0.1) is 20.8 Å². The molecule has 0 unspecified atom stereocenters. The fraction of sp³-hybridized carbons (Fsp3) is 0.450. The lowest BCUT2D eigenvalue weighted by Gasteiger charge is -2.11. The van der Waals surface area contributed by atoms with Crippen LogP contribution >= 0.6 is 46.7 Å². The van der Waals surface area contributed by atoms with Gasteiger partial charge >= 0.3 is 0 Å². The van der Waals surface area contributed by atoms with Crippen LogP contribution < -0.4 is 10.6 Å². The van der Waals surface area contributed by atoms with Gasteiger partial charge in [0, 0.05) is 42.6 Å². The van der Waals surface area contributed by atoms with E-state index in [9.17, 15) is 0 Å². The minimum Gasteiger partial charge on any atom is -0.356 e. The Bertz CT molecular complexity index is 927. The van der Waals surface area contributed by atoms with E-state index in [0.29, 0.717) is 0 Å². The summed E-state index contributed by atoms with van der Waals surface area (Å²) in [5, 5.41) is 14.5. The van der Waals surface area contributed by atoms with E-state index >= 15 is 0 Å². The summed E-state index contributed by atoms with van der Waals surface area (Å²) < 4.78 is 2.06. The summed E-state index contributed by atoms with van der Waals surface area (Å²) in [6, 6.07) is 6.47. The van der Waals surface area contributed by atoms with E-state index in [2.05, 4.69) is 60.9 Å². The Kier molecular flexibility index (Phi) is 9.57. The Labute approximate surface area is 197 Å². The van der Waals surface area contributed by atoms with Gasteiger partial charge < -0.3 is 10.6 Å². The number of halogens is 1. The Morgan fingerprint density at radius 2 is 1.97 bits per heavy atom. The van der Waals surface area contributed by atoms with Gasteiger partial charge in [0.1, 0.15) is 0 Å². The third kappa shape index (κ3) is 7.07. The molecule has 0 amide bonds. The number of aliphatic imine (C=N–C) groups is 1. The van der Waals surface area contributed by atoms with Crippen LogP contribution in [0.4, 0.5) is 0 Å². The van der Waals surface area contributed by atoms with Gasteiger partial charge in [-0.1, -0.05) is 0 Å². The topological polar surface area (TPSA) is 67.1 Å². The van der Waals surface area contributed by atoms with Gasteiger partial charge in [-0.05, 0) is 51.8 Å². The zero-order valence-corrected chi connectivity index (χ0v) is 21.3.